The number of nitrogens with one attached hydrogen (secondary N) is 1. The molecule has 1 saturated heterocycles. The number of carboxylic acid groups (broad SMARTS) is 1. The van der Waals surface area contributed by atoms with Gasteiger partial charge >= 0.3 is 12.0 Å². The first-order chi connectivity index (χ1) is 7.05. The molecule has 3 amide bonds. The van der Waals surface area contributed by atoms with Crippen LogP contribution in [0.15, 0.2) is 0 Å². The minimum atomic E-state index is -0.916. The highest BCUT2D eigenvalue weighted by molar-refractivity contribution is 6.02. The van der Waals surface area contributed by atoms with E-state index >= 15 is 0 Å². The van der Waals surface area contributed by atoms with Crippen LogP contribution in [0.5, 0.6) is 0 Å². The Balaban J connectivity index is 2.10. The van der Waals surface area contributed by atoms with E-state index in [9.17, 15) is 14.4 Å². The van der Waals surface area contributed by atoms with Crippen LogP contribution in [0.1, 0.15) is 19.3 Å². The highest BCUT2D eigenvalue weighted by atomic mass is 16.4. The molecule has 0 aromatic rings. The molecule has 0 bridgehead atoms. The average Bonchev–Trinajstić information content (AvgIpc) is 2.40. The predicted octanol–water partition coefficient (Wildman–Crippen LogP) is -0.207. The summed E-state index contributed by atoms with van der Waals surface area (Å²) >= 11 is 0. The molecule has 1 saturated carbocycles. The topological polar surface area (TPSA) is 86.7 Å². The van der Waals surface area contributed by atoms with Crippen LogP contribution in [0.25, 0.3) is 0 Å². The first-order valence-corrected chi connectivity index (χ1v) is 4.87. The van der Waals surface area contributed by atoms with Crippen LogP contribution in [0.4, 0.5) is 4.79 Å². The zero-order valence-electron chi connectivity index (χ0n) is 8.15. The van der Waals surface area contributed by atoms with E-state index in [1.54, 1.807) is 0 Å². The summed E-state index contributed by atoms with van der Waals surface area (Å²) in [6.45, 7) is -0.0124. The van der Waals surface area contributed by atoms with Gasteiger partial charge in [-0.1, -0.05) is 6.42 Å². The number of nitrogens with zero attached hydrogens (tertiary/aromatic N) is 1. The molecule has 1 aliphatic heterocycles. The first kappa shape index (κ1) is 9.95. The highest BCUT2D eigenvalue weighted by Crippen LogP contribution is 2.42. The van der Waals surface area contributed by atoms with Gasteiger partial charge in [0.1, 0.15) is 0 Å². The van der Waals surface area contributed by atoms with Gasteiger partial charge in [-0.05, 0) is 12.8 Å². The van der Waals surface area contributed by atoms with E-state index in [1.807, 2.05) is 0 Å². The Morgan fingerprint density at radius 1 is 1.47 bits per heavy atom. The Kier molecular flexibility index (Phi) is 2.13. The molecule has 1 heterocycles. The fourth-order valence-corrected chi connectivity index (χ4v) is 1.96. The van der Waals surface area contributed by atoms with Crippen LogP contribution in [0.2, 0.25) is 0 Å². The van der Waals surface area contributed by atoms with Gasteiger partial charge in [-0.3, -0.25) is 14.5 Å². The summed E-state index contributed by atoms with van der Waals surface area (Å²) in [4.78, 5) is 34.5. The van der Waals surface area contributed by atoms with E-state index < -0.39 is 17.4 Å². The molecule has 15 heavy (non-hydrogen) atoms. The zero-order valence-corrected chi connectivity index (χ0v) is 8.15. The standard InChI is InChI=1S/C9H12N2O4/c12-6-4-10-8(15)11(6)5-9(7(13)14)2-1-3-9/h1-5H2,(H,10,15)(H,13,14). The number of carbonyl (C=O) groups excluding carboxylic acids is 2. The van der Waals surface area contributed by atoms with E-state index in [1.165, 1.54) is 0 Å². The van der Waals surface area contributed by atoms with Crippen molar-refractivity contribution in [1.82, 2.24) is 10.2 Å². The van der Waals surface area contributed by atoms with Crippen molar-refractivity contribution in [2.24, 2.45) is 5.41 Å². The van der Waals surface area contributed by atoms with Crippen molar-refractivity contribution in [3.05, 3.63) is 0 Å². The van der Waals surface area contributed by atoms with E-state index in [0.717, 1.165) is 11.3 Å². The molecule has 6 nitrogen and oxygen atoms in total. The number of imide groups is 1. The third-order valence-corrected chi connectivity index (χ3v) is 3.16. The van der Waals surface area contributed by atoms with Crippen molar-refractivity contribution in [2.75, 3.05) is 13.1 Å². The highest BCUT2D eigenvalue weighted by Gasteiger charge is 2.48. The molecule has 0 aromatic heterocycles. The van der Waals surface area contributed by atoms with Gasteiger partial charge in [0, 0.05) is 6.54 Å². The lowest BCUT2D eigenvalue weighted by molar-refractivity contribution is -0.156. The molecule has 1 aliphatic carbocycles. The summed E-state index contributed by atoms with van der Waals surface area (Å²) in [5.74, 6) is -1.26. The number of carbonyl (C=O) groups is 3. The maximum atomic E-state index is 11.3. The molecule has 2 aliphatic rings. The minimum Gasteiger partial charge on any atom is -0.481 e. The Labute approximate surface area is 86.2 Å². The van der Waals surface area contributed by atoms with Crippen LogP contribution in [0.3, 0.4) is 0 Å². The normalized spacial score (nSPS) is 23.6. The van der Waals surface area contributed by atoms with Gasteiger partial charge in [-0.2, -0.15) is 0 Å². The number of carboxylic acids is 1. The van der Waals surface area contributed by atoms with E-state index in [0.29, 0.717) is 12.8 Å². The van der Waals surface area contributed by atoms with Crippen LogP contribution in [-0.4, -0.2) is 41.0 Å². The largest absolute Gasteiger partial charge is 0.481 e. The van der Waals surface area contributed by atoms with Gasteiger partial charge in [0.2, 0.25) is 5.91 Å². The lowest BCUT2D eigenvalue weighted by Gasteiger charge is -2.39. The molecular formula is C9H12N2O4. The summed E-state index contributed by atoms with van der Waals surface area (Å²) in [5.41, 5.74) is -0.892. The van der Waals surface area contributed by atoms with Crippen LogP contribution < -0.4 is 5.32 Å². The van der Waals surface area contributed by atoms with Gasteiger partial charge < -0.3 is 10.4 Å². The number of aliphatic carboxylic acids is 1. The predicted molar refractivity (Wildman–Crippen MR) is 49.0 cm³/mol. The lowest BCUT2D eigenvalue weighted by Crippen LogP contribution is -2.49. The van der Waals surface area contributed by atoms with E-state index in [2.05, 4.69) is 5.32 Å². The first-order valence-electron chi connectivity index (χ1n) is 4.87. The van der Waals surface area contributed by atoms with Crippen LogP contribution in [0, 0.1) is 5.41 Å². The average molecular weight is 212 g/mol. The Hall–Kier alpha value is -1.59. The number of hydrogen-bond acceptors (Lipinski definition) is 3. The monoisotopic (exact) mass is 212 g/mol. The van der Waals surface area contributed by atoms with Crippen molar-refractivity contribution in [3.63, 3.8) is 0 Å². The summed E-state index contributed by atoms with van der Waals surface area (Å²) in [6, 6.07) is -0.479. The second-order valence-electron chi connectivity index (χ2n) is 4.08. The summed E-state index contributed by atoms with van der Waals surface area (Å²) in [5, 5.41) is 11.4. The molecule has 0 aromatic carbocycles. The lowest BCUT2D eigenvalue weighted by atomic mass is 9.68. The number of urea groups is 1. The van der Waals surface area contributed by atoms with Gasteiger partial charge in [0.25, 0.3) is 0 Å². The summed E-state index contributed by atoms with van der Waals surface area (Å²) < 4.78 is 0. The van der Waals surface area contributed by atoms with Gasteiger partial charge in [0.05, 0.1) is 12.0 Å². The molecule has 6 heteroatoms. The van der Waals surface area contributed by atoms with Crippen molar-refractivity contribution in [2.45, 2.75) is 19.3 Å². The quantitative estimate of drug-likeness (QED) is 0.634. The SMILES string of the molecule is O=C1CNC(=O)N1CC1(C(=O)O)CCC1. The second-order valence-corrected chi connectivity index (χ2v) is 4.08. The van der Waals surface area contributed by atoms with Crippen molar-refractivity contribution in [1.29, 1.82) is 0 Å². The van der Waals surface area contributed by atoms with E-state index in [4.69, 9.17) is 5.11 Å². The molecule has 0 unspecified atom stereocenters. The van der Waals surface area contributed by atoms with Gasteiger partial charge in [-0.15, -0.1) is 0 Å². The van der Waals surface area contributed by atoms with Crippen molar-refractivity contribution in [3.8, 4) is 0 Å². The molecule has 2 N–H and O–H groups in total. The Morgan fingerprint density at radius 3 is 2.47 bits per heavy atom. The molecule has 0 spiro atoms. The minimum absolute atomic E-state index is 0.00694. The third-order valence-electron chi connectivity index (χ3n) is 3.16. The summed E-state index contributed by atoms with van der Waals surface area (Å²) in [7, 11) is 0. The smallest absolute Gasteiger partial charge is 0.324 e. The Morgan fingerprint density at radius 2 is 2.13 bits per heavy atom. The fraction of sp³-hybridized carbons (Fsp3) is 0.667. The van der Waals surface area contributed by atoms with Crippen molar-refractivity contribution >= 4 is 17.9 Å². The number of hydrogen-bond donors (Lipinski definition) is 2. The third kappa shape index (κ3) is 1.45. The number of rotatable bonds is 3. The van der Waals surface area contributed by atoms with Gasteiger partial charge in [-0.25, -0.2) is 4.79 Å². The zero-order chi connectivity index (χ0) is 11.1. The number of amides is 3. The maximum Gasteiger partial charge on any atom is 0.324 e. The summed E-state index contributed by atoms with van der Waals surface area (Å²) in [6.07, 6.45) is 1.93. The second kappa shape index (κ2) is 3.22. The molecule has 2 fully saturated rings. The molecule has 0 atom stereocenters. The molecular weight excluding hydrogens is 200 g/mol. The molecule has 2 rings (SSSR count). The Bertz CT molecular complexity index is 319. The fourth-order valence-electron chi connectivity index (χ4n) is 1.96. The maximum absolute atomic E-state index is 11.3. The van der Waals surface area contributed by atoms with Gasteiger partial charge in [0.15, 0.2) is 0 Å². The van der Waals surface area contributed by atoms with Crippen LogP contribution >= 0.6 is 0 Å². The molecule has 82 valence electrons. The molecule has 0 radical (unpaired) electrons. The van der Waals surface area contributed by atoms with Crippen molar-refractivity contribution < 1.29 is 19.5 Å². The van der Waals surface area contributed by atoms with E-state index in [-0.39, 0.29) is 19.0 Å². The van der Waals surface area contributed by atoms with Crippen LogP contribution in [-0.2, 0) is 9.59 Å².